The second-order valence-corrected chi connectivity index (χ2v) is 5.38. The van der Waals surface area contributed by atoms with Gasteiger partial charge in [0.05, 0.1) is 16.7 Å². The van der Waals surface area contributed by atoms with Crippen LogP contribution in [0.4, 0.5) is 5.69 Å². The maximum atomic E-state index is 12.4. The fourth-order valence-corrected chi connectivity index (χ4v) is 2.72. The van der Waals surface area contributed by atoms with Gasteiger partial charge >= 0.3 is 0 Å². The Kier molecular flexibility index (Phi) is 4.08. The molecule has 0 bridgehead atoms. The molecule has 0 spiro atoms. The van der Waals surface area contributed by atoms with E-state index in [-0.39, 0.29) is 5.91 Å². The number of carbonyl (C=O) groups is 1. The predicted octanol–water partition coefficient (Wildman–Crippen LogP) is 2.67. The number of hydrogen-bond acceptors (Lipinski definition) is 3. The maximum Gasteiger partial charge on any atom is 0.231 e. The van der Waals surface area contributed by atoms with Gasteiger partial charge in [0, 0.05) is 11.6 Å². The van der Waals surface area contributed by atoms with E-state index in [4.69, 9.17) is 22.6 Å². The molecule has 1 aromatic carbocycles. The SMILES string of the molecule is N#Cc1ccc(Cl)cc1NC(=O)C1(CN)CCCC1. The highest BCUT2D eigenvalue weighted by Gasteiger charge is 2.39. The van der Waals surface area contributed by atoms with Crippen molar-refractivity contribution in [3.05, 3.63) is 28.8 Å². The van der Waals surface area contributed by atoms with Gasteiger partial charge in [-0.3, -0.25) is 4.79 Å². The number of nitrogens with zero attached hydrogens (tertiary/aromatic N) is 1. The van der Waals surface area contributed by atoms with Crippen molar-refractivity contribution in [1.29, 1.82) is 5.26 Å². The number of carbonyl (C=O) groups excluding carboxylic acids is 1. The Morgan fingerprint density at radius 2 is 2.16 bits per heavy atom. The van der Waals surface area contributed by atoms with Crippen LogP contribution < -0.4 is 11.1 Å². The smallest absolute Gasteiger partial charge is 0.231 e. The fourth-order valence-electron chi connectivity index (χ4n) is 2.55. The molecular formula is C14H16ClN3O. The Morgan fingerprint density at radius 1 is 1.47 bits per heavy atom. The number of rotatable bonds is 3. The molecule has 2 rings (SSSR count). The third-order valence-corrected chi connectivity index (χ3v) is 4.02. The lowest BCUT2D eigenvalue weighted by Gasteiger charge is -2.26. The molecule has 100 valence electrons. The Balaban J connectivity index is 2.24. The summed E-state index contributed by atoms with van der Waals surface area (Å²) in [5, 5.41) is 12.3. The number of hydrogen-bond donors (Lipinski definition) is 2. The minimum Gasteiger partial charge on any atom is -0.329 e. The summed E-state index contributed by atoms with van der Waals surface area (Å²) < 4.78 is 0. The van der Waals surface area contributed by atoms with Crippen LogP contribution in [-0.4, -0.2) is 12.5 Å². The fraction of sp³-hybridized carbons (Fsp3) is 0.429. The van der Waals surface area contributed by atoms with Crippen LogP contribution in [0.15, 0.2) is 18.2 Å². The van der Waals surface area contributed by atoms with E-state index in [0.717, 1.165) is 25.7 Å². The number of nitrogens with one attached hydrogen (secondary N) is 1. The van der Waals surface area contributed by atoms with Crippen LogP contribution in [0, 0.1) is 16.7 Å². The van der Waals surface area contributed by atoms with Crippen molar-refractivity contribution >= 4 is 23.2 Å². The van der Waals surface area contributed by atoms with E-state index >= 15 is 0 Å². The molecule has 0 aliphatic heterocycles. The molecule has 0 unspecified atom stereocenters. The van der Waals surface area contributed by atoms with Gasteiger partial charge in [-0.15, -0.1) is 0 Å². The highest BCUT2D eigenvalue weighted by Crippen LogP contribution is 2.38. The molecule has 0 heterocycles. The molecule has 0 saturated heterocycles. The maximum absolute atomic E-state index is 12.4. The van der Waals surface area contributed by atoms with Crippen LogP contribution in [0.2, 0.25) is 5.02 Å². The van der Waals surface area contributed by atoms with Crippen LogP contribution in [0.5, 0.6) is 0 Å². The zero-order valence-corrected chi connectivity index (χ0v) is 11.3. The number of anilines is 1. The molecule has 1 aliphatic carbocycles. The first-order chi connectivity index (χ1) is 9.11. The highest BCUT2D eigenvalue weighted by molar-refractivity contribution is 6.31. The summed E-state index contributed by atoms with van der Waals surface area (Å²) in [7, 11) is 0. The van der Waals surface area contributed by atoms with E-state index in [0.29, 0.717) is 22.8 Å². The van der Waals surface area contributed by atoms with Gasteiger partial charge in [0.1, 0.15) is 6.07 Å². The van der Waals surface area contributed by atoms with Crippen molar-refractivity contribution < 1.29 is 4.79 Å². The third-order valence-electron chi connectivity index (χ3n) is 3.78. The van der Waals surface area contributed by atoms with Crippen LogP contribution >= 0.6 is 11.6 Å². The minimum absolute atomic E-state index is 0.105. The Morgan fingerprint density at radius 3 is 2.74 bits per heavy atom. The molecule has 19 heavy (non-hydrogen) atoms. The van der Waals surface area contributed by atoms with Crippen molar-refractivity contribution in [3.63, 3.8) is 0 Å². The standard InChI is InChI=1S/C14H16ClN3O/c15-11-4-3-10(8-16)12(7-11)18-13(19)14(9-17)5-1-2-6-14/h3-4,7H,1-2,5-6,9,17H2,(H,18,19). The summed E-state index contributed by atoms with van der Waals surface area (Å²) in [5.41, 5.74) is 6.14. The summed E-state index contributed by atoms with van der Waals surface area (Å²) in [5.74, 6) is -0.105. The van der Waals surface area contributed by atoms with E-state index in [9.17, 15) is 4.79 Å². The van der Waals surface area contributed by atoms with Gasteiger partial charge in [-0.2, -0.15) is 5.26 Å². The molecule has 1 aliphatic rings. The molecule has 1 fully saturated rings. The summed E-state index contributed by atoms with van der Waals surface area (Å²) in [6, 6.07) is 6.87. The van der Waals surface area contributed by atoms with Gasteiger partial charge in [-0.25, -0.2) is 0 Å². The zero-order valence-electron chi connectivity index (χ0n) is 10.6. The first-order valence-electron chi connectivity index (χ1n) is 6.32. The zero-order chi connectivity index (χ0) is 13.9. The van der Waals surface area contributed by atoms with E-state index in [1.807, 2.05) is 6.07 Å². The average Bonchev–Trinajstić information content (AvgIpc) is 2.89. The summed E-state index contributed by atoms with van der Waals surface area (Å²) in [6.07, 6.45) is 3.64. The quantitative estimate of drug-likeness (QED) is 0.891. The van der Waals surface area contributed by atoms with Crippen molar-refractivity contribution in [2.75, 3.05) is 11.9 Å². The minimum atomic E-state index is -0.491. The predicted molar refractivity (Wildman–Crippen MR) is 74.8 cm³/mol. The van der Waals surface area contributed by atoms with Crippen molar-refractivity contribution in [1.82, 2.24) is 0 Å². The summed E-state index contributed by atoms with van der Waals surface area (Å²) >= 11 is 5.90. The van der Waals surface area contributed by atoms with Crippen molar-refractivity contribution in [2.45, 2.75) is 25.7 Å². The van der Waals surface area contributed by atoms with Gasteiger partial charge < -0.3 is 11.1 Å². The summed E-state index contributed by atoms with van der Waals surface area (Å²) in [6.45, 7) is 0.335. The van der Waals surface area contributed by atoms with Gasteiger partial charge in [-0.1, -0.05) is 24.4 Å². The van der Waals surface area contributed by atoms with Crippen LogP contribution in [0.1, 0.15) is 31.2 Å². The Bertz CT molecular complexity index is 530. The van der Waals surface area contributed by atoms with Gasteiger partial charge in [0.15, 0.2) is 0 Å². The number of halogens is 1. The summed E-state index contributed by atoms with van der Waals surface area (Å²) in [4.78, 5) is 12.4. The number of amides is 1. The number of nitrogens with two attached hydrogens (primary N) is 1. The first-order valence-corrected chi connectivity index (χ1v) is 6.70. The molecule has 1 amide bonds. The molecule has 5 heteroatoms. The van der Waals surface area contributed by atoms with E-state index in [1.54, 1.807) is 18.2 Å². The number of nitriles is 1. The normalized spacial score (nSPS) is 16.9. The van der Waals surface area contributed by atoms with Crippen LogP contribution in [-0.2, 0) is 4.79 Å². The lowest BCUT2D eigenvalue weighted by Crippen LogP contribution is -2.40. The van der Waals surface area contributed by atoms with Gasteiger partial charge in [0.2, 0.25) is 5.91 Å². The second kappa shape index (κ2) is 5.60. The van der Waals surface area contributed by atoms with Crippen molar-refractivity contribution in [3.8, 4) is 6.07 Å². The molecule has 1 aromatic rings. The van der Waals surface area contributed by atoms with Crippen LogP contribution in [0.25, 0.3) is 0 Å². The van der Waals surface area contributed by atoms with Crippen LogP contribution in [0.3, 0.4) is 0 Å². The highest BCUT2D eigenvalue weighted by atomic mass is 35.5. The van der Waals surface area contributed by atoms with E-state index in [1.165, 1.54) is 0 Å². The Hall–Kier alpha value is -1.57. The van der Waals surface area contributed by atoms with Gasteiger partial charge in [-0.05, 0) is 31.0 Å². The monoisotopic (exact) mass is 277 g/mol. The molecule has 1 saturated carbocycles. The second-order valence-electron chi connectivity index (χ2n) is 4.95. The van der Waals surface area contributed by atoms with E-state index < -0.39 is 5.41 Å². The molecule has 4 nitrogen and oxygen atoms in total. The topological polar surface area (TPSA) is 78.9 Å². The molecule has 3 N–H and O–H groups in total. The average molecular weight is 278 g/mol. The number of benzene rings is 1. The lowest BCUT2D eigenvalue weighted by molar-refractivity contribution is -0.124. The molecule has 0 radical (unpaired) electrons. The Labute approximate surface area is 117 Å². The largest absolute Gasteiger partial charge is 0.329 e. The molecular weight excluding hydrogens is 262 g/mol. The third kappa shape index (κ3) is 2.73. The van der Waals surface area contributed by atoms with E-state index in [2.05, 4.69) is 5.32 Å². The molecule has 0 aromatic heterocycles. The molecule has 0 atom stereocenters. The van der Waals surface area contributed by atoms with Gasteiger partial charge in [0.25, 0.3) is 0 Å². The van der Waals surface area contributed by atoms with Crippen molar-refractivity contribution in [2.24, 2.45) is 11.1 Å². The first kappa shape index (κ1) is 13.9. The lowest BCUT2D eigenvalue weighted by atomic mass is 9.85.